The standard InChI is InChI=1S/C16H23NO2/c1-19-14-7-5-11-6-8-16(15(11)10-14)17-12-3-2-4-13(18)9-12/h5,7,10,12-13,16-18H,2-4,6,8-9H2,1H3. The van der Waals surface area contributed by atoms with Crippen LogP contribution in [0.3, 0.4) is 0 Å². The van der Waals surface area contributed by atoms with E-state index >= 15 is 0 Å². The van der Waals surface area contributed by atoms with Gasteiger partial charge in [0.25, 0.3) is 0 Å². The quantitative estimate of drug-likeness (QED) is 0.878. The van der Waals surface area contributed by atoms with Crippen LogP contribution < -0.4 is 10.1 Å². The number of methoxy groups -OCH3 is 1. The van der Waals surface area contributed by atoms with E-state index in [1.54, 1.807) is 7.11 Å². The predicted molar refractivity (Wildman–Crippen MR) is 75.5 cm³/mol. The van der Waals surface area contributed by atoms with E-state index in [2.05, 4.69) is 17.4 Å². The van der Waals surface area contributed by atoms with Crippen LogP contribution in [0.2, 0.25) is 0 Å². The molecule has 0 bridgehead atoms. The molecule has 2 N–H and O–H groups in total. The van der Waals surface area contributed by atoms with Gasteiger partial charge in [-0.25, -0.2) is 0 Å². The monoisotopic (exact) mass is 261 g/mol. The summed E-state index contributed by atoms with van der Waals surface area (Å²) in [4.78, 5) is 0. The number of aryl methyl sites for hydroxylation is 1. The summed E-state index contributed by atoms with van der Waals surface area (Å²) in [6.45, 7) is 0. The third-order valence-corrected chi connectivity index (χ3v) is 4.51. The number of benzene rings is 1. The number of rotatable bonds is 3. The van der Waals surface area contributed by atoms with Crippen molar-refractivity contribution in [3.63, 3.8) is 0 Å². The molecule has 0 amide bonds. The number of ether oxygens (including phenoxy) is 1. The first-order chi connectivity index (χ1) is 9.26. The topological polar surface area (TPSA) is 41.5 Å². The van der Waals surface area contributed by atoms with E-state index in [-0.39, 0.29) is 6.10 Å². The number of hydrogen-bond donors (Lipinski definition) is 2. The van der Waals surface area contributed by atoms with Gasteiger partial charge in [0.15, 0.2) is 0 Å². The summed E-state index contributed by atoms with van der Waals surface area (Å²) in [7, 11) is 1.72. The van der Waals surface area contributed by atoms with Crippen molar-refractivity contribution >= 4 is 0 Å². The summed E-state index contributed by atoms with van der Waals surface area (Å²) in [6, 6.07) is 7.29. The van der Waals surface area contributed by atoms with Gasteiger partial charge in [-0.3, -0.25) is 0 Å². The summed E-state index contributed by atoms with van der Waals surface area (Å²) < 4.78 is 5.33. The Kier molecular flexibility index (Phi) is 3.76. The molecule has 1 aromatic rings. The van der Waals surface area contributed by atoms with E-state index in [9.17, 15) is 5.11 Å². The first kappa shape index (κ1) is 12.9. The molecule has 3 heteroatoms. The maximum Gasteiger partial charge on any atom is 0.119 e. The minimum Gasteiger partial charge on any atom is -0.497 e. The Morgan fingerprint density at radius 3 is 2.95 bits per heavy atom. The Morgan fingerprint density at radius 2 is 2.16 bits per heavy atom. The van der Waals surface area contributed by atoms with Gasteiger partial charge in [0.05, 0.1) is 13.2 Å². The van der Waals surface area contributed by atoms with Crippen LogP contribution in [0, 0.1) is 0 Å². The zero-order valence-electron chi connectivity index (χ0n) is 11.6. The molecule has 2 aliphatic rings. The van der Waals surface area contributed by atoms with E-state index in [1.807, 2.05) is 6.07 Å². The highest BCUT2D eigenvalue weighted by Crippen LogP contribution is 2.35. The average Bonchev–Trinajstić information content (AvgIpc) is 2.81. The fourth-order valence-corrected chi connectivity index (χ4v) is 3.48. The molecule has 0 aliphatic heterocycles. The summed E-state index contributed by atoms with van der Waals surface area (Å²) in [5.74, 6) is 0.941. The fourth-order valence-electron chi connectivity index (χ4n) is 3.48. The van der Waals surface area contributed by atoms with E-state index < -0.39 is 0 Å². The molecule has 0 spiro atoms. The Labute approximate surface area is 115 Å². The lowest BCUT2D eigenvalue weighted by atomic mass is 9.92. The molecule has 0 aromatic heterocycles. The van der Waals surface area contributed by atoms with Crippen molar-refractivity contribution in [1.29, 1.82) is 0 Å². The predicted octanol–water partition coefficient (Wildman–Crippen LogP) is 2.58. The first-order valence-electron chi connectivity index (χ1n) is 7.37. The van der Waals surface area contributed by atoms with Gasteiger partial charge in [0.1, 0.15) is 5.75 Å². The molecule has 0 radical (unpaired) electrons. The van der Waals surface area contributed by atoms with Crippen molar-refractivity contribution < 1.29 is 9.84 Å². The van der Waals surface area contributed by atoms with Crippen LogP contribution >= 0.6 is 0 Å². The smallest absolute Gasteiger partial charge is 0.119 e. The third kappa shape index (κ3) is 2.77. The molecule has 1 saturated carbocycles. The lowest BCUT2D eigenvalue weighted by molar-refractivity contribution is 0.108. The maximum atomic E-state index is 9.77. The van der Waals surface area contributed by atoms with Crippen LogP contribution in [0.25, 0.3) is 0 Å². The van der Waals surface area contributed by atoms with Gasteiger partial charge >= 0.3 is 0 Å². The summed E-state index contributed by atoms with van der Waals surface area (Å²) in [5, 5.41) is 13.5. The number of fused-ring (bicyclic) bond motifs is 1. The summed E-state index contributed by atoms with van der Waals surface area (Å²) in [5.41, 5.74) is 2.83. The van der Waals surface area contributed by atoms with Crippen molar-refractivity contribution in [2.75, 3.05) is 7.11 Å². The third-order valence-electron chi connectivity index (χ3n) is 4.51. The maximum absolute atomic E-state index is 9.77. The molecule has 3 atom stereocenters. The second-order valence-corrected chi connectivity index (χ2v) is 5.84. The van der Waals surface area contributed by atoms with Crippen molar-refractivity contribution in [3.05, 3.63) is 29.3 Å². The second-order valence-electron chi connectivity index (χ2n) is 5.84. The molecule has 104 valence electrons. The van der Waals surface area contributed by atoms with E-state index in [4.69, 9.17) is 4.74 Å². The second kappa shape index (κ2) is 5.51. The lowest BCUT2D eigenvalue weighted by Gasteiger charge is -2.29. The number of nitrogens with one attached hydrogen (secondary N) is 1. The van der Waals surface area contributed by atoms with Gasteiger partial charge in [0, 0.05) is 12.1 Å². The number of hydrogen-bond acceptors (Lipinski definition) is 3. The Bertz CT molecular complexity index is 446. The average molecular weight is 261 g/mol. The van der Waals surface area contributed by atoms with Gasteiger partial charge in [-0.15, -0.1) is 0 Å². The number of aliphatic hydroxyl groups excluding tert-OH is 1. The van der Waals surface area contributed by atoms with Gasteiger partial charge in [-0.1, -0.05) is 6.07 Å². The van der Waals surface area contributed by atoms with E-state index in [0.29, 0.717) is 12.1 Å². The SMILES string of the molecule is COc1ccc2c(c1)C(NC1CCCC(O)C1)CC2. The minimum absolute atomic E-state index is 0.113. The summed E-state index contributed by atoms with van der Waals surface area (Å²) >= 11 is 0. The normalized spacial score (nSPS) is 30.1. The van der Waals surface area contributed by atoms with Crippen LogP contribution in [-0.4, -0.2) is 24.4 Å². The van der Waals surface area contributed by atoms with Crippen LogP contribution in [0.4, 0.5) is 0 Å². The molecule has 1 aromatic carbocycles. The van der Waals surface area contributed by atoms with Crippen molar-refractivity contribution in [3.8, 4) is 5.75 Å². The van der Waals surface area contributed by atoms with Crippen LogP contribution in [0.5, 0.6) is 5.75 Å². The minimum atomic E-state index is -0.113. The first-order valence-corrected chi connectivity index (χ1v) is 7.37. The van der Waals surface area contributed by atoms with Gasteiger partial charge in [0.2, 0.25) is 0 Å². The molecular formula is C16H23NO2. The Hall–Kier alpha value is -1.06. The summed E-state index contributed by atoms with van der Waals surface area (Å²) in [6.07, 6.45) is 6.38. The van der Waals surface area contributed by atoms with Crippen LogP contribution in [0.15, 0.2) is 18.2 Å². The largest absolute Gasteiger partial charge is 0.497 e. The zero-order valence-corrected chi connectivity index (χ0v) is 11.6. The van der Waals surface area contributed by atoms with Gasteiger partial charge in [-0.2, -0.15) is 0 Å². The Balaban J connectivity index is 1.71. The molecule has 0 heterocycles. The zero-order chi connectivity index (χ0) is 13.2. The Morgan fingerprint density at radius 1 is 1.26 bits per heavy atom. The highest BCUT2D eigenvalue weighted by atomic mass is 16.5. The van der Waals surface area contributed by atoms with E-state index in [1.165, 1.54) is 17.5 Å². The van der Waals surface area contributed by atoms with Gasteiger partial charge < -0.3 is 15.2 Å². The number of aliphatic hydroxyl groups is 1. The van der Waals surface area contributed by atoms with Crippen molar-refractivity contribution in [2.24, 2.45) is 0 Å². The molecule has 0 saturated heterocycles. The molecular weight excluding hydrogens is 238 g/mol. The highest BCUT2D eigenvalue weighted by molar-refractivity contribution is 5.40. The van der Waals surface area contributed by atoms with Gasteiger partial charge in [-0.05, 0) is 61.8 Å². The highest BCUT2D eigenvalue weighted by Gasteiger charge is 2.27. The van der Waals surface area contributed by atoms with Crippen LogP contribution in [-0.2, 0) is 6.42 Å². The molecule has 3 unspecified atom stereocenters. The molecule has 1 fully saturated rings. The van der Waals surface area contributed by atoms with E-state index in [0.717, 1.165) is 37.9 Å². The molecule has 3 nitrogen and oxygen atoms in total. The fraction of sp³-hybridized carbons (Fsp3) is 0.625. The van der Waals surface area contributed by atoms with Crippen molar-refractivity contribution in [2.45, 2.75) is 56.7 Å². The lowest BCUT2D eigenvalue weighted by Crippen LogP contribution is -2.37. The molecule has 2 aliphatic carbocycles. The van der Waals surface area contributed by atoms with Crippen LogP contribution in [0.1, 0.15) is 49.3 Å². The molecule has 19 heavy (non-hydrogen) atoms. The van der Waals surface area contributed by atoms with Crippen molar-refractivity contribution in [1.82, 2.24) is 5.32 Å². The molecule has 3 rings (SSSR count).